The Kier molecular flexibility index (Phi) is 4.55. The van der Waals surface area contributed by atoms with Crippen LogP contribution in [0.4, 0.5) is 5.69 Å². The van der Waals surface area contributed by atoms with Gasteiger partial charge in [-0.1, -0.05) is 18.6 Å². The van der Waals surface area contributed by atoms with Gasteiger partial charge >= 0.3 is 5.97 Å². The summed E-state index contributed by atoms with van der Waals surface area (Å²) >= 11 is 0. The Bertz CT molecular complexity index is 649. The second-order valence-electron chi connectivity index (χ2n) is 6.71. The number of carboxylic acid groups (broad SMARTS) is 1. The molecule has 1 aromatic carbocycles. The zero-order chi connectivity index (χ0) is 17.2. The molecule has 1 aliphatic heterocycles. The maximum absolute atomic E-state index is 12.0. The highest BCUT2D eigenvalue weighted by Gasteiger charge is 2.45. The van der Waals surface area contributed by atoms with Crippen LogP contribution in [0.1, 0.15) is 44.1 Å². The van der Waals surface area contributed by atoms with Crippen LogP contribution in [-0.4, -0.2) is 29.4 Å². The average molecular weight is 330 g/mol. The number of rotatable bonds is 6. The molecule has 0 aromatic heterocycles. The normalized spacial score (nSPS) is 19.0. The number of benzene rings is 1. The van der Waals surface area contributed by atoms with E-state index in [0.717, 1.165) is 30.6 Å². The summed E-state index contributed by atoms with van der Waals surface area (Å²) in [5, 5.41) is 12.1. The minimum absolute atomic E-state index is 0.0443. The van der Waals surface area contributed by atoms with Gasteiger partial charge in [-0.25, -0.2) is 0 Å². The lowest BCUT2D eigenvalue weighted by atomic mass is 9.66. The van der Waals surface area contributed by atoms with Crippen LogP contribution in [-0.2, 0) is 20.9 Å². The first kappa shape index (κ1) is 16.5. The Morgan fingerprint density at radius 1 is 1.17 bits per heavy atom. The summed E-state index contributed by atoms with van der Waals surface area (Å²) in [5.41, 5.74) is 0.952. The molecule has 2 aliphatic rings. The first-order valence-corrected chi connectivity index (χ1v) is 8.40. The van der Waals surface area contributed by atoms with Crippen LogP contribution < -0.4 is 10.2 Å². The molecule has 1 heterocycles. The summed E-state index contributed by atoms with van der Waals surface area (Å²) in [6.07, 6.45) is 3.56. The van der Waals surface area contributed by atoms with Gasteiger partial charge in [-0.05, 0) is 37.0 Å². The zero-order valence-electron chi connectivity index (χ0n) is 13.6. The molecule has 0 radical (unpaired) electrons. The third-order valence-corrected chi connectivity index (χ3v) is 5.07. The number of nitrogens with zero attached hydrogens (tertiary/aromatic N) is 1. The summed E-state index contributed by atoms with van der Waals surface area (Å²) in [6, 6.07) is 7.54. The Morgan fingerprint density at radius 2 is 1.88 bits per heavy atom. The molecule has 1 aliphatic carbocycles. The molecule has 0 spiro atoms. The van der Waals surface area contributed by atoms with E-state index in [1.54, 1.807) is 4.90 Å². The van der Waals surface area contributed by atoms with Crippen molar-refractivity contribution < 1.29 is 19.5 Å². The van der Waals surface area contributed by atoms with Gasteiger partial charge in [0.1, 0.15) is 0 Å². The van der Waals surface area contributed by atoms with Crippen molar-refractivity contribution in [1.82, 2.24) is 5.32 Å². The van der Waals surface area contributed by atoms with E-state index in [0.29, 0.717) is 25.8 Å². The quantitative estimate of drug-likeness (QED) is 0.836. The van der Waals surface area contributed by atoms with Gasteiger partial charge < -0.3 is 15.3 Å². The Labute approximate surface area is 140 Å². The lowest BCUT2D eigenvalue weighted by Gasteiger charge is -2.36. The summed E-state index contributed by atoms with van der Waals surface area (Å²) in [5.74, 6) is -0.949. The van der Waals surface area contributed by atoms with Crippen molar-refractivity contribution in [3.63, 3.8) is 0 Å². The molecule has 0 bridgehead atoms. The number of anilines is 1. The number of hydrogen-bond acceptors (Lipinski definition) is 3. The number of carbonyl (C=O) groups is 3. The second-order valence-corrected chi connectivity index (χ2v) is 6.71. The highest BCUT2D eigenvalue weighted by molar-refractivity contribution is 5.95. The van der Waals surface area contributed by atoms with Crippen molar-refractivity contribution in [3.05, 3.63) is 29.8 Å². The summed E-state index contributed by atoms with van der Waals surface area (Å²) in [4.78, 5) is 36.8. The van der Waals surface area contributed by atoms with E-state index in [4.69, 9.17) is 0 Å². The van der Waals surface area contributed by atoms with Gasteiger partial charge in [0, 0.05) is 31.6 Å². The van der Waals surface area contributed by atoms with Crippen LogP contribution >= 0.6 is 0 Å². The molecule has 2 fully saturated rings. The van der Waals surface area contributed by atoms with Gasteiger partial charge in [-0.2, -0.15) is 0 Å². The fraction of sp³-hybridized carbons (Fsp3) is 0.500. The standard InChI is InChI=1S/C18H22N2O4/c21-15(11-18(17(23)24)8-2-9-18)19-12-13-4-6-14(7-5-13)20-10-1-3-16(20)22/h4-7H,1-3,8-12H2,(H,19,21)(H,23,24). The minimum Gasteiger partial charge on any atom is -0.481 e. The summed E-state index contributed by atoms with van der Waals surface area (Å²) in [7, 11) is 0. The van der Waals surface area contributed by atoms with Crippen LogP contribution in [0.25, 0.3) is 0 Å². The number of nitrogens with one attached hydrogen (secondary N) is 1. The van der Waals surface area contributed by atoms with Crippen LogP contribution in [0.15, 0.2) is 24.3 Å². The van der Waals surface area contributed by atoms with Crippen LogP contribution in [0.5, 0.6) is 0 Å². The number of aliphatic carboxylic acids is 1. The zero-order valence-corrected chi connectivity index (χ0v) is 13.6. The van der Waals surface area contributed by atoms with E-state index in [-0.39, 0.29) is 18.2 Å². The van der Waals surface area contributed by atoms with E-state index in [2.05, 4.69) is 5.32 Å². The smallest absolute Gasteiger partial charge is 0.310 e. The van der Waals surface area contributed by atoms with Crippen LogP contribution in [0, 0.1) is 5.41 Å². The van der Waals surface area contributed by atoms with Gasteiger partial charge in [0.2, 0.25) is 11.8 Å². The summed E-state index contributed by atoms with van der Waals surface area (Å²) in [6.45, 7) is 1.12. The van der Waals surface area contributed by atoms with E-state index in [9.17, 15) is 19.5 Å². The molecule has 0 unspecified atom stereocenters. The molecule has 2 N–H and O–H groups in total. The van der Waals surface area contributed by atoms with E-state index in [1.807, 2.05) is 24.3 Å². The Balaban J connectivity index is 1.52. The van der Waals surface area contributed by atoms with Crippen molar-refractivity contribution in [2.24, 2.45) is 5.41 Å². The molecule has 0 atom stereocenters. The molecule has 1 aromatic rings. The second kappa shape index (κ2) is 6.63. The first-order chi connectivity index (χ1) is 11.5. The molecule has 1 saturated carbocycles. The molecule has 6 heteroatoms. The van der Waals surface area contributed by atoms with Gasteiger partial charge in [0.25, 0.3) is 0 Å². The van der Waals surface area contributed by atoms with Crippen LogP contribution in [0.2, 0.25) is 0 Å². The largest absolute Gasteiger partial charge is 0.481 e. The van der Waals surface area contributed by atoms with E-state index >= 15 is 0 Å². The maximum atomic E-state index is 12.0. The van der Waals surface area contributed by atoms with E-state index < -0.39 is 11.4 Å². The lowest BCUT2D eigenvalue weighted by molar-refractivity contribution is -0.157. The van der Waals surface area contributed by atoms with E-state index in [1.165, 1.54) is 0 Å². The fourth-order valence-corrected chi connectivity index (χ4v) is 3.36. The van der Waals surface area contributed by atoms with Crippen LogP contribution in [0.3, 0.4) is 0 Å². The monoisotopic (exact) mass is 330 g/mol. The van der Waals surface area contributed by atoms with Gasteiger partial charge in [-0.3, -0.25) is 14.4 Å². The Morgan fingerprint density at radius 3 is 2.38 bits per heavy atom. The molecule has 6 nitrogen and oxygen atoms in total. The van der Waals surface area contributed by atoms with Gasteiger partial charge in [0.15, 0.2) is 0 Å². The van der Waals surface area contributed by atoms with Crippen molar-refractivity contribution >= 4 is 23.5 Å². The number of amides is 2. The molecule has 24 heavy (non-hydrogen) atoms. The van der Waals surface area contributed by atoms with Gasteiger partial charge in [-0.15, -0.1) is 0 Å². The predicted octanol–water partition coefficient (Wildman–Crippen LogP) is 2.07. The molecular weight excluding hydrogens is 308 g/mol. The number of carboxylic acids is 1. The third kappa shape index (κ3) is 3.27. The molecule has 128 valence electrons. The predicted molar refractivity (Wildman–Crippen MR) is 88.4 cm³/mol. The third-order valence-electron chi connectivity index (χ3n) is 5.07. The Hall–Kier alpha value is -2.37. The highest BCUT2D eigenvalue weighted by atomic mass is 16.4. The fourth-order valence-electron chi connectivity index (χ4n) is 3.36. The number of carbonyl (C=O) groups excluding carboxylic acids is 2. The lowest BCUT2D eigenvalue weighted by Crippen LogP contribution is -2.42. The number of hydrogen-bond donors (Lipinski definition) is 2. The molecule has 1 saturated heterocycles. The van der Waals surface area contributed by atoms with Crippen molar-refractivity contribution in [2.75, 3.05) is 11.4 Å². The van der Waals surface area contributed by atoms with Crippen molar-refractivity contribution in [3.8, 4) is 0 Å². The maximum Gasteiger partial charge on any atom is 0.310 e. The topological polar surface area (TPSA) is 86.7 Å². The highest BCUT2D eigenvalue weighted by Crippen LogP contribution is 2.44. The molecule has 2 amide bonds. The SMILES string of the molecule is O=C(CC1(C(=O)O)CCC1)NCc1ccc(N2CCCC2=O)cc1. The summed E-state index contributed by atoms with van der Waals surface area (Å²) < 4.78 is 0. The van der Waals surface area contributed by atoms with Crippen molar-refractivity contribution in [2.45, 2.75) is 45.1 Å². The van der Waals surface area contributed by atoms with Gasteiger partial charge in [0.05, 0.1) is 5.41 Å². The first-order valence-electron chi connectivity index (χ1n) is 8.40. The molecule has 3 rings (SSSR count). The minimum atomic E-state index is -0.872. The van der Waals surface area contributed by atoms with Crippen molar-refractivity contribution in [1.29, 1.82) is 0 Å². The molecular formula is C18H22N2O4. The average Bonchev–Trinajstić information content (AvgIpc) is 2.95.